The number of methoxy groups -OCH3 is 1. The first kappa shape index (κ1) is 18.1. The van der Waals surface area contributed by atoms with E-state index in [0.717, 1.165) is 6.42 Å². The topological polar surface area (TPSA) is 119 Å². The first-order valence-electron chi connectivity index (χ1n) is 9.06. The van der Waals surface area contributed by atoms with Gasteiger partial charge in [-0.15, -0.1) is 0 Å². The molecule has 3 aliphatic rings. The maximum atomic E-state index is 12.6. The highest BCUT2D eigenvalue weighted by Gasteiger charge is 2.59. The van der Waals surface area contributed by atoms with E-state index in [9.17, 15) is 24.5 Å². The monoisotopic (exact) mass is 385 g/mol. The average Bonchev–Trinajstić information content (AvgIpc) is 3.35. The molecule has 3 amide bonds. The third-order valence-corrected chi connectivity index (χ3v) is 5.79. The standard InChI is InChI=1S/C19H19N3O6/c1-28-14-9-12(22(26)27)4-5-13(14)20-15(23)6-7-21-18(24)16-10-2-3-11(8-10)17(16)19(21)25/h2-5,9-11,16-17H,6-8H2,1H3,(H,20,23)/t10-,11-,16+,17+/m1/s1. The van der Waals surface area contributed by atoms with Crippen LogP contribution in [-0.2, 0) is 14.4 Å². The van der Waals surface area contributed by atoms with Crippen LogP contribution in [0.5, 0.6) is 5.75 Å². The second kappa shape index (κ2) is 6.74. The molecule has 4 atom stereocenters. The van der Waals surface area contributed by atoms with Gasteiger partial charge in [-0.2, -0.15) is 0 Å². The smallest absolute Gasteiger partial charge is 0.273 e. The number of likely N-dealkylation sites (tertiary alicyclic amines) is 1. The summed E-state index contributed by atoms with van der Waals surface area (Å²) in [6, 6.07) is 3.86. The number of ether oxygens (including phenoxy) is 1. The number of nitro benzene ring substituents is 1. The van der Waals surface area contributed by atoms with Gasteiger partial charge < -0.3 is 10.1 Å². The van der Waals surface area contributed by atoms with Gasteiger partial charge in [0.2, 0.25) is 17.7 Å². The summed E-state index contributed by atoms with van der Waals surface area (Å²) < 4.78 is 5.09. The van der Waals surface area contributed by atoms with Crippen molar-refractivity contribution in [1.29, 1.82) is 0 Å². The Morgan fingerprint density at radius 3 is 2.46 bits per heavy atom. The fourth-order valence-corrected chi connectivity index (χ4v) is 4.51. The van der Waals surface area contributed by atoms with Gasteiger partial charge in [-0.25, -0.2) is 0 Å². The fourth-order valence-electron chi connectivity index (χ4n) is 4.51. The van der Waals surface area contributed by atoms with E-state index in [-0.39, 0.29) is 65.6 Å². The van der Waals surface area contributed by atoms with Crippen molar-refractivity contribution in [3.8, 4) is 5.75 Å². The summed E-state index contributed by atoms with van der Waals surface area (Å²) in [5.74, 6) is -0.913. The Hall–Kier alpha value is -3.23. The number of amides is 3. The third-order valence-electron chi connectivity index (χ3n) is 5.79. The van der Waals surface area contributed by atoms with Gasteiger partial charge in [0.15, 0.2) is 0 Å². The minimum absolute atomic E-state index is 0.0191. The number of non-ortho nitro benzene ring substituents is 1. The molecule has 1 saturated heterocycles. The lowest BCUT2D eigenvalue weighted by Crippen LogP contribution is -2.35. The molecule has 0 aromatic heterocycles. The molecule has 1 aromatic carbocycles. The van der Waals surface area contributed by atoms with Crippen molar-refractivity contribution in [2.75, 3.05) is 19.0 Å². The molecule has 146 valence electrons. The van der Waals surface area contributed by atoms with Crippen molar-refractivity contribution in [2.24, 2.45) is 23.7 Å². The first-order valence-corrected chi connectivity index (χ1v) is 9.06. The highest BCUT2D eigenvalue weighted by Crippen LogP contribution is 2.52. The van der Waals surface area contributed by atoms with Crippen LogP contribution >= 0.6 is 0 Å². The van der Waals surface area contributed by atoms with E-state index >= 15 is 0 Å². The van der Waals surface area contributed by atoms with Crippen molar-refractivity contribution in [3.05, 3.63) is 40.5 Å². The summed E-state index contributed by atoms with van der Waals surface area (Å²) in [4.78, 5) is 49.0. The van der Waals surface area contributed by atoms with Crippen LogP contribution in [0.4, 0.5) is 11.4 Å². The number of fused-ring (bicyclic) bond motifs is 5. The quantitative estimate of drug-likeness (QED) is 0.345. The van der Waals surface area contributed by atoms with Crippen molar-refractivity contribution in [3.63, 3.8) is 0 Å². The molecular formula is C19H19N3O6. The normalized spacial score (nSPS) is 27.2. The van der Waals surface area contributed by atoms with E-state index in [1.807, 2.05) is 12.2 Å². The van der Waals surface area contributed by atoms with Crippen molar-refractivity contribution >= 4 is 29.1 Å². The third kappa shape index (κ3) is 2.83. The molecule has 28 heavy (non-hydrogen) atoms. The van der Waals surface area contributed by atoms with E-state index in [1.54, 1.807) is 0 Å². The number of allylic oxidation sites excluding steroid dienone is 2. The molecule has 4 rings (SSSR count). The highest BCUT2D eigenvalue weighted by molar-refractivity contribution is 6.06. The van der Waals surface area contributed by atoms with Gasteiger partial charge >= 0.3 is 0 Å². The SMILES string of the molecule is COc1cc([N+](=O)[O-])ccc1NC(=O)CCN1C(=O)[C@@H]2[C@@H](C1=O)[C@@H]1C=C[C@@H]2C1. The summed E-state index contributed by atoms with van der Waals surface area (Å²) in [5.41, 5.74) is 0.133. The Balaban J connectivity index is 1.39. The van der Waals surface area contributed by atoms with E-state index < -0.39 is 10.8 Å². The number of carbonyl (C=O) groups is 3. The van der Waals surface area contributed by atoms with Gasteiger partial charge in [0.05, 0.1) is 35.6 Å². The zero-order valence-electron chi connectivity index (χ0n) is 15.2. The first-order chi connectivity index (χ1) is 13.4. The minimum atomic E-state index is -0.558. The number of benzene rings is 1. The van der Waals surface area contributed by atoms with Crippen molar-refractivity contribution in [2.45, 2.75) is 12.8 Å². The number of rotatable bonds is 6. The Bertz CT molecular complexity index is 881. The molecule has 1 N–H and O–H groups in total. The molecule has 1 heterocycles. The number of hydrogen-bond acceptors (Lipinski definition) is 6. The van der Waals surface area contributed by atoms with Gasteiger partial charge in [-0.05, 0) is 24.3 Å². The Kier molecular flexibility index (Phi) is 4.37. The Labute approximate surface area is 160 Å². The molecule has 2 aliphatic carbocycles. The summed E-state index contributed by atoms with van der Waals surface area (Å²) in [6.45, 7) is 0.0191. The van der Waals surface area contributed by atoms with Crippen LogP contribution in [0.2, 0.25) is 0 Å². The Morgan fingerprint density at radius 2 is 1.89 bits per heavy atom. The zero-order chi connectivity index (χ0) is 20.0. The van der Waals surface area contributed by atoms with Gasteiger partial charge in [0.25, 0.3) is 5.69 Å². The fraction of sp³-hybridized carbons (Fsp3) is 0.421. The van der Waals surface area contributed by atoms with Crippen LogP contribution in [0, 0.1) is 33.8 Å². The predicted molar refractivity (Wildman–Crippen MR) is 97.3 cm³/mol. The highest BCUT2D eigenvalue weighted by atomic mass is 16.6. The van der Waals surface area contributed by atoms with Gasteiger partial charge in [0, 0.05) is 19.0 Å². The number of anilines is 1. The van der Waals surface area contributed by atoms with E-state index in [4.69, 9.17) is 4.74 Å². The molecule has 0 unspecified atom stereocenters. The number of carbonyl (C=O) groups excluding carboxylic acids is 3. The minimum Gasteiger partial charge on any atom is -0.494 e. The van der Waals surface area contributed by atoms with Crippen molar-refractivity contribution < 1.29 is 24.0 Å². The molecular weight excluding hydrogens is 366 g/mol. The van der Waals surface area contributed by atoms with Crippen LogP contribution in [0.3, 0.4) is 0 Å². The lowest BCUT2D eigenvalue weighted by molar-refractivity contribution is -0.384. The number of nitro groups is 1. The van der Waals surface area contributed by atoms with E-state index in [0.29, 0.717) is 0 Å². The zero-order valence-corrected chi connectivity index (χ0v) is 15.2. The molecule has 0 spiro atoms. The second-order valence-electron chi connectivity index (χ2n) is 7.27. The van der Waals surface area contributed by atoms with Gasteiger partial charge in [-0.3, -0.25) is 29.4 Å². The molecule has 1 aromatic rings. The molecule has 9 nitrogen and oxygen atoms in total. The Morgan fingerprint density at radius 1 is 1.25 bits per heavy atom. The van der Waals surface area contributed by atoms with E-state index in [1.165, 1.54) is 30.2 Å². The van der Waals surface area contributed by atoms with Crippen molar-refractivity contribution in [1.82, 2.24) is 4.90 Å². The van der Waals surface area contributed by atoms with Crippen LogP contribution in [-0.4, -0.2) is 41.2 Å². The maximum Gasteiger partial charge on any atom is 0.273 e. The molecule has 2 bridgehead atoms. The molecule has 1 aliphatic heterocycles. The number of hydrogen-bond donors (Lipinski definition) is 1. The van der Waals surface area contributed by atoms with Gasteiger partial charge in [-0.1, -0.05) is 12.2 Å². The molecule has 9 heteroatoms. The van der Waals surface area contributed by atoms with Crippen LogP contribution < -0.4 is 10.1 Å². The number of imide groups is 1. The maximum absolute atomic E-state index is 12.6. The lowest BCUT2D eigenvalue weighted by Gasteiger charge is -2.17. The summed E-state index contributed by atoms with van der Waals surface area (Å²) in [6.07, 6.45) is 4.85. The summed E-state index contributed by atoms with van der Waals surface area (Å²) in [7, 11) is 1.34. The van der Waals surface area contributed by atoms with Crippen LogP contribution in [0.15, 0.2) is 30.4 Å². The lowest BCUT2D eigenvalue weighted by atomic mass is 9.85. The molecule has 2 fully saturated rings. The number of nitrogens with one attached hydrogen (secondary N) is 1. The van der Waals surface area contributed by atoms with Crippen LogP contribution in [0.1, 0.15) is 12.8 Å². The van der Waals surface area contributed by atoms with E-state index in [2.05, 4.69) is 5.32 Å². The number of nitrogens with zero attached hydrogens (tertiary/aromatic N) is 2. The average molecular weight is 385 g/mol. The largest absolute Gasteiger partial charge is 0.494 e. The van der Waals surface area contributed by atoms with Crippen LogP contribution in [0.25, 0.3) is 0 Å². The van der Waals surface area contributed by atoms with Gasteiger partial charge in [0.1, 0.15) is 5.75 Å². The second-order valence-corrected chi connectivity index (χ2v) is 7.27. The predicted octanol–water partition coefficient (Wildman–Crippen LogP) is 1.74. The summed E-state index contributed by atoms with van der Waals surface area (Å²) >= 11 is 0. The summed E-state index contributed by atoms with van der Waals surface area (Å²) in [5, 5.41) is 13.4. The molecule has 1 saturated carbocycles. The molecule has 0 radical (unpaired) electrons.